The molecular weight excluding hydrogens is 288 g/mol. The first-order valence-electron chi connectivity index (χ1n) is 9.46. The van der Waals surface area contributed by atoms with E-state index in [1.54, 1.807) is 0 Å². The lowest BCUT2D eigenvalue weighted by atomic mass is 9.47. The molecule has 0 aromatic heterocycles. The summed E-state index contributed by atoms with van der Waals surface area (Å²) in [5, 5.41) is 19.7. The fraction of sp³-hybridized carbons (Fsp3) is 0.850. The van der Waals surface area contributed by atoms with E-state index in [2.05, 4.69) is 19.9 Å². The fourth-order valence-electron chi connectivity index (χ4n) is 7.05. The first-order valence-corrected chi connectivity index (χ1v) is 9.46. The van der Waals surface area contributed by atoms with Gasteiger partial charge in [0.25, 0.3) is 0 Å². The van der Waals surface area contributed by atoms with Gasteiger partial charge in [0.2, 0.25) is 0 Å². The normalized spacial score (nSPS) is 52.1. The van der Waals surface area contributed by atoms with Crippen LogP contribution in [0.4, 0.5) is 0 Å². The molecule has 7 atom stereocenters. The molecule has 0 spiro atoms. The second-order valence-corrected chi connectivity index (χ2v) is 9.17. The molecule has 0 bridgehead atoms. The van der Waals surface area contributed by atoms with Gasteiger partial charge in [-0.2, -0.15) is 0 Å². The number of allylic oxidation sites excluding steroid dienone is 1. The Balaban J connectivity index is 1.66. The molecule has 0 unspecified atom stereocenters. The standard InChI is InChI=1S/C20H30O3/c1-19-9-7-13(21)11-12(19)3-4-14-15-5-6-17(18(22)23)20(15,2)10-8-16(14)19/h3,13-17,21H,4-11H2,1-2H3,(H,22,23)/t13-,14+,15-,16+,17+,19-,20-/m0/s1. The molecule has 3 fully saturated rings. The lowest BCUT2D eigenvalue weighted by Gasteiger charge is -2.57. The predicted octanol–water partition coefficient (Wildman–Crippen LogP) is 4.01. The molecule has 3 nitrogen and oxygen atoms in total. The second-order valence-electron chi connectivity index (χ2n) is 9.17. The van der Waals surface area contributed by atoms with Crippen molar-refractivity contribution in [2.24, 2.45) is 34.5 Å². The van der Waals surface area contributed by atoms with Gasteiger partial charge in [-0.15, -0.1) is 0 Å². The van der Waals surface area contributed by atoms with Gasteiger partial charge in [-0.1, -0.05) is 25.5 Å². The summed E-state index contributed by atoms with van der Waals surface area (Å²) in [5.74, 6) is 1.21. The van der Waals surface area contributed by atoms with Crippen LogP contribution in [0.5, 0.6) is 0 Å². The third-order valence-corrected chi connectivity index (χ3v) is 8.38. The van der Waals surface area contributed by atoms with Crippen LogP contribution in [0.15, 0.2) is 11.6 Å². The maximum atomic E-state index is 11.7. The van der Waals surface area contributed by atoms with Gasteiger partial charge in [0.05, 0.1) is 12.0 Å². The number of hydrogen-bond donors (Lipinski definition) is 2. The maximum absolute atomic E-state index is 11.7. The zero-order valence-electron chi connectivity index (χ0n) is 14.4. The van der Waals surface area contributed by atoms with E-state index in [-0.39, 0.29) is 22.9 Å². The zero-order chi connectivity index (χ0) is 16.4. The van der Waals surface area contributed by atoms with E-state index in [4.69, 9.17) is 0 Å². The number of aliphatic hydroxyl groups is 1. The van der Waals surface area contributed by atoms with Crippen LogP contribution in [0.25, 0.3) is 0 Å². The fourth-order valence-corrected chi connectivity index (χ4v) is 7.05. The topological polar surface area (TPSA) is 57.5 Å². The molecule has 3 saturated carbocycles. The molecule has 4 aliphatic rings. The van der Waals surface area contributed by atoms with Crippen LogP contribution in [-0.2, 0) is 4.79 Å². The van der Waals surface area contributed by atoms with Crippen LogP contribution >= 0.6 is 0 Å². The molecular formula is C20H30O3. The van der Waals surface area contributed by atoms with E-state index in [9.17, 15) is 15.0 Å². The third kappa shape index (κ3) is 2.08. The van der Waals surface area contributed by atoms with Crippen LogP contribution in [0.1, 0.15) is 65.2 Å². The summed E-state index contributed by atoms with van der Waals surface area (Å²) in [5.41, 5.74) is 1.75. The van der Waals surface area contributed by atoms with Gasteiger partial charge in [-0.05, 0) is 80.0 Å². The van der Waals surface area contributed by atoms with Crippen molar-refractivity contribution in [3.8, 4) is 0 Å². The SMILES string of the molecule is C[C@]12CC[C@@H]3[C@H](CC=C4C[C@@H](O)CC[C@@]43C)[C@@H]1CC[C@@H]2C(=O)O. The molecule has 0 aromatic carbocycles. The van der Waals surface area contributed by atoms with Gasteiger partial charge in [-0.25, -0.2) is 0 Å². The minimum absolute atomic E-state index is 0.00286. The van der Waals surface area contributed by atoms with Crippen molar-refractivity contribution < 1.29 is 15.0 Å². The Kier molecular flexibility index (Phi) is 3.46. The Labute approximate surface area is 139 Å². The van der Waals surface area contributed by atoms with Gasteiger partial charge in [0.1, 0.15) is 0 Å². The highest BCUT2D eigenvalue weighted by atomic mass is 16.4. The van der Waals surface area contributed by atoms with Gasteiger partial charge < -0.3 is 10.2 Å². The Morgan fingerprint density at radius 1 is 1.13 bits per heavy atom. The Morgan fingerprint density at radius 3 is 2.65 bits per heavy atom. The number of carbonyl (C=O) groups is 1. The van der Waals surface area contributed by atoms with Gasteiger partial charge >= 0.3 is 5.97 Å². The van der Waals surface area contributed by atoms with Crippen molar-refractivity contribution >= 4 is 5.97 Å². The molecule has 4 aliphatic carbocycles. The number of aliphatic hydroxyl groups excluding tert-OH is 1. The number of carboxylic acid groups (broad SMARTS) is 1. The van der Waals surface area contributed by atoms with Crippen LogP contribution in [0.3, 0.4) is 0 Å². The molecule has 0 saturated heterocycles. The smallest absolute Gasteiger partial charge is 0.307 e. The number of rotatable bonds is 1. The molecule has 3 heteroatoms. The molecule has 0 amide bonds. The first kappa shape index (κ1) is 15.7. The Bertz CT molecular complexity index is 553. The lowest BCUT2D eigenvalue weighted by Crippen LogP contribution is -2.51. The van der Waals surface area contributed by atoms with Gasteiger partial charge in [0.15, 0.2) is 0 Å². The van der Waals surface area contributed by atoms with Crippen molar-refractivity contribution in [2.45, 2.75) is 71.3 Å². The molecule has 0 aromatic rings. The summed E-state index contributed by atoms with van der Waals surface area (Å²) >= 11 is 0. The summed E-state index contributed by atoms with van der Waals surface area (Å²) in [6.45, 7) is 4.68. The highest BCUT2D eigenvalue weighted by molar-refractivity contribution is 5.71. The van der Waals surface area contributed by atoms with E-state index in [1.807, 2.05) is 0 Å². The lowest BCUT2D eigenvalue weighted by molar-refractivity contribution is -0.148. The molecule has 2 N–H and O–H groups in total. The van der Waals surface area contributed by atoms with Crippen molar-refractivity contribution in [2.75, 3.05) is 0 Å². The van der Waals surface area contributed by atoms with Crippen molar-refractivity contribution in [3.05, 3.63) is 11.6 Å². The maximum Gasteiger partial charge on any atom is 0.307 e. The Morgan fingerprint density at radius 2 is 1.91 bits per heavy atom. The summed E-state index contributed by atoms with van der Waals surface area (Å²) in [7, 11) is 0. The zero-order valence-corrected chi connectivity index (χ0v) is 14.4. The highest BCUT2D eigenvalue weighted by Crippen LogP contribution is 2.66. The summed E-state index contributed by atoms with van der Waals surface area (Å²) in [6, 6.07) is 0. The average molecular weight is 318 g/mol. The molecule has 0 radical (unpaired) electrons. The number of carboxylic acids is 1. The van der Waals surface area contributed by atoms with Crippen LogP contribution in [-0.4, -0.2) is 22.3 Å². The minimum Gasteiger partial charge on any atom is -0.481 e. The Hall–Kier alpha value is -0.830. The first-order chi connectivity index (χ1) is 10.9. The summed E-state index contributed by atoms with van der Waals surface area (Å²) in [4.78, 5) is 11.7. The third-order valence-electron chi connectivity index (χ3n) is 8.38. The van der Waals surface area contributed by atoms with E-state index in [1.165, 1.54) is 12.0 Å². The van der Waals surface area contributed by atoms with E-state index < -0.39 is 5.97 Å². The predicted molar refractivity (Wildman–Crippen MR) is 88.8 cm³/mol. The van der Waals surface area contributed by atoms with Crippen molar-refractivity contribution in [1.82, 2.24) is 0 Å². The average Bonchev–Trinajstić information content (AvgIpc) is 2.85. The molecule has 0 aliphatic heterocycles. The van der Waals surface area contributed by atoms with Crippen molar-refractivity contribution in [3.63, 3.8) is 0 Å². The van der Waals surface area contributed by atoms with E-state index >= 15 is 0 Å². The van der Waals surface area contributed by atoms with E-state index in [0.717, 1.165) is 44.9 Å². The number of aliphatic carboxylic acids is 1. The number of fused-ring (bicyclic) bond motifs is 5. The van der Waals surface area contributed by atoms with Crippen molar-refractivity contribution in [1.29, 1.82) is 0 Å². The van der Waals surface area contributed by atoms with Gasteiger partial charge in [-0.3, -0.25) is 4.79 Å². The van der Waals surface area contributed by atoms with Crippen LogP contribution in [0.2, 0.25) is 0 Å². The van der Waals surface area contributed by atoms with Crippen LogP contribution in [0, 0.1) is 34.5 Å². The number of hydrogen-bond acceptors (Lipinski definition) is 2. The minimum atomic E-state index is -0.576. The van der Waals surface area contributed by atoms with E-state index in [0.29, 0.717) is 17.8 Å². The van der Waals surface area contributed by atoms with Crippen LogP contribution < -0.4 is 0 Å². The highest BCUT2D eigenvalue weighted by Gasteiger charge is 2.59. The summed E-state index contributed by atoms with van der Waals surface area (Å²) in [6.07, 6.45) is 10.5. The summed E-state index contributed by atoms with van der Waals surface area (Å²) < 4.78 is 0. The molecule has 23 heavy (non-hydrogen) atoms. The molecule has 0 heterocycles. The monoisotopic (exact) mass is 318 g/mol. The quantitative estimate of drug-likeness (QED) is 0.718. The molecule has 128 valence electrons. The second kappa shape index (κ2) is 5.08. The molecule has 4 rings (SSSR count). The largest absolute Gasteiger partial charge is 0.481 e. The van der Waals surface area contributed by atoms with Gasteiger partial charge in [0, 0.05) is 0 Å².